The number of carbonyl (C=O) groups excluding carboxylic acids is 2. The lowest BCUT2D eigenvalue weighted by Crippen LogP contribution is -2.31. The quantitative estimate of drug-likeness (QED) is 0.640. The maximum Gasteiger partial charge on any atom is 0.329 e. The molecule has 17 heavy (non-hydrogen) atoms. The van der Waals surface area contributed by atoms with Crippen molar-refractivity contribution in [1.29, 1.82) is 0 Å². The second-order valence-corrected chi connectivity index (χ2v) is 3.68. The first-order valence-electron chi connectivity index (χ1n) is 5.14. The van der Waals surface area contributed by atoms with Crippen molar-refractivity contribution in [2.75, 3.05) is 4.90 Å². The number of anilines is 1. The maximum absolute atomic E-state index is 12.7. The minimum absolute atomic E-state index is 0.346. The highest BCUT2D eigenvalue weighted by molar-refractivity contribution is 6.21. The van der Waals surface area contributed by atoms with Gasteiger partial charge in [-0.15, -0.1) is 6.58 Å². The zero-order valence-corrected chi connectivity index (χ0v) is 9.02. The van der Waals surface area contributed by atoms with Crippen LogP contribution in [0.2, 0.25) is 0 Å². The first-order chi connectivity index (χ1) is 8.13. The van der Waals surface area contributed by atoms with Crippen LogP contribution >= 0.6 is 0 Å². The van der Waals surface area contributed by atoms with Crippen molar-refractivity contribution < 1.29 is 14.0 Å². The number of hydrogen-bond donors (Lipinski definition) is 1. The molecule has 2 rings (SSSR count). The van der Waals surface area contributed by atoms with Crippen LogP contribution in [0.15, 0.2) is 36.9 Å². The Morgan fingerprint density at radius 3 is 2.59 bits per heavy atom. The summed E-state index contributed by atoms with van der Waals surface area (Å²) in [5.74, 6) is -0.759. The number of nitrogens with zero attached hydrogens (tertiary/aromatic N) is 1. The van der Waals surface area contributed by atoms with E-state index in [-0.39, 0.29) is 5.91 Å². The molecular weight excluding hydrogens is 223 g/mol. The molecule has 0 bridgehead atoms. The lowest BCUT2D eigenvalue weighted by Gasteiger charge is -2.12. The van der Waals surface area contributed by atoms with E-state index in [1.165, 1.54) is 24.3 Å². The average molecular weight is 234 g/mol. The van der Waals surface area contributed by atoms with Gasteiger partial charge in [0.05, 0.1) is 5.69 Å². The molecule has 1 heterocycles. The Bertz CT molecular complexity index is 470. The van der Waals surface area contributed by atoms with Crippen molar-refractivity contribution in [2.45, 2.75) is 12.5 Å². The van der Waals surface area contributed by atoms with Crippen LogP contribution in [0.5, 0.6) is 0 Å². The molecule has 1 saturated heterocycles. The number of imide groups is 1. The number of benzene rings is 1. The molecule has 1 N–H and O–H groups in total. The molecule has 5 heteroatoms. The van der Waals surface area contributed by atoms with Crippen LogP contribution in [0.25, 0.3) is 0 Å². The van der Waals surface area contributed by atoms with Crippen molar-refractivity contribution in [1.82, 2.24) is 5.32 Å². The summed E-state index contributed by atoms with van der Waals surface area (Å²) < 4.78 is 12.7. The molecule has 88 valence electrons. The molecule has 1 aliphatic rings. The third kappa shape index (κ3) is 2.04. The molecule has 0 saturated carbocycles. The van der Waals surface area contributed by atoms with E-state index in [1.807, 2.05) is 0 Å². The molecule has 1 atom stereocenters. The number of hydrogen-bond acceptors (Lipinski definition) is 2. The van der Waals surface area contributed by atoms with E-state index < -0.39 is 17.9 Å². The summed E-state index contributed by atoms with van der Waals surface area (Å²) in [6.45, 7) is 3.52. The molecule has 0 aromatic heterocycles. The SMILES string of the molecule is C=CCC1NC(=O)N(c2ccc(F)cc2)C1=O. The number of rotatable bonds is 3. The molecule has 1 unspecified atom stereocenters. The lowest BCUT2D eigenvalue weighted by molar-refractivity contribution is -0.118. The lowest BCUT2D eigenvalue weighted by atomic mass is 10.2. The third-order valence-corrected chi connectivity index (χ3v) is 2.51. The van der Waals surface area contributed by atoms with Gasteiger partial charge in [0.2, 0.25) is 0 Å². The Hall–Kier alpha value is -2.17. The van der Waals surface area contributed by atoms with Gasteiger partial charge in [-0.1, -0.05) is 6.08 Å². The summed E-state index contributed by atoms with van der Waals surface area (Å²) in [4.78, 5) is 24.5. The van der Waals surface area contributed by atoms with E-state index in [0.717, 1.165) is 4.90 Å². The van der Waals surface area contributed by atoms with Crippen molar-refractivity contribution in [3.8, 4) is 0 Å². The van der Waals surface area contributed by atoms with Gasteiger partial charge in [0.15, 0.2) is 0 Å². The van der Waals surface area contributed by atoms with Crippen molar-refractivity contribution in [3.63, 3.8) is 0 Å². The van der Waals surface area contributed by atoms with Gasteiger partial charge < -0.3 is 5.32 Å². The summed E-state index contributed by atoms with van der Waals surface area (Å²) in [7, 11) is 0. The van der Waals surface area contributed by atoms with E-state index in [2.05, 4.69) is 11.9 Å². The summed E-state index contributed by atoms with van der Waals surface area (Å²) in [5, 5.41) is 2.54. The fraction of sp³-hybridized carbons (Fsp3) is 0.167. The highest BCUT2D eigenvalue weighted by atomic mass is 19.1. The van der Waals surface area contributed by atoms with Gasteiger partial charge in [-0.3, -0.25) is 4.79 Å². The molecule has 4 nitrogen and oxygen atoms in total. The van der Waals surface area contributed by atoms with Crippen molar-refractivity contribution >= 4 is 17.6 Å². The van der Waals surface area contributed by atoms with Crippen LogP contribution in [0.1, 0.15) is 6.42 Å². The second kappa shape index (κ2) is 4.37. The first-order valence-corrected chi connectivity index (χ1v) is 5.14. The summed E-state index contributed by atoms with van der Waals surface area (Å²) in [5.41, 5.74) is 0.362. The molecule has 1 aromatic rings. The van der Waals surface area contributed by atoms with Gasteiger partial charge in [-0.25, -0.2) is 14.1 Å². The number of halogens is 1. The van der Waals surface area contributed by atoms with Crippen LogP contribution < -0.4 is 10.2 Å². The van der Waals surface area contributed by atoms with Gasteiger partial charge in [-0.05, 0) is 30.7 Å². The Labute approximate surface area is 97.7 Å². The van der Waals surface area contributed by atoms with E-state index in [0.29, 0.717) is 12.1 Å². The zero-order chi connectivity index (χ0) is 12.4. The van der Waals surface area contributed by atoms with Crippen molar-refractivity contribution in [2.24, 2.45) is 0 Å². The van der Waals surface area contributed by atoms with Crippen LogP contribution in [-0.4, -0.2) is 18.0 Å². The predicted molar refractivity (Wildman–Crippen MR) is 61.0 cm³/mol. The number of carbonyl (C=O) groups is 2. The summed E-state index contributed by atoms with van der Waals surface area (Å²) >= 11 is 0. The fourth-order valence-corrected chi connectivity index (χ4v) is 1.69. The van der Waals surface area contributed by atoms with Crippen LogP contribution in [0.3, 0.4) is 0 Å². The van der Waals surface area contributed by atoms with Gasteiger partial charge in [0.1, 0.15) is 11.9 Å². The third-order valence-electron chi connectivity index (χ3n) is 2.51. The van der Waals surface area contributed by atoms with Gasteiger partial charge >= 0.3 is 6.03 Å². The van der Waals surface area contributed by atoms with E-state index in [1.54, 1.807) is 6.08 Å². The van der Waals surface area contributed by atoms with Gasteiger partial charge in [0, 0.05) is 0 Å². The largest absolute Gasteiger partial charge is 0.329 e. The van der Waals surface area contributed by atoms with Crippen LogP contribution in [0.4, 0.5) is 14.9 Å². The molecule has 0 spiro atoms. The standard InChI is InChI=1S/C12H11FN2O2/c1-2-3-10-11(16)15(12(17)14-10)9-6-4-8(13)5-7-9/h2,4-7,10H,1,3H2,(H,14,17). The predicted octanol–water partition coefficient (Wildman–Crippen LogP) is 1.83. The monoisotopic (exact) mass is 234 g/mol. The maximum atomic E-state index is 12.7. The topological polar surface area (TPSA) is 49.4 Å². The number of nitrogens with one attached hydrogen (secondary N) is 1. The minimum atomic E-state index is -0.579. The number of urea groups is 1. The smallest absolute Gasteiger partial charge is 0.325 e. The molecule has 3 amide bonds. The molecule has 0 aliphatic carbocycles. The van der Waals surface area contributed by atoms with Gasteiger partial charge in [0.25, 0.3) is 5.91 Å². The first kappa shape index (κ1) is 11.3. The van der Waals surface area contributed by atoms with Gasteiger partial charge in [-0.2, -0.15) is 0 Å². The molecular formula is C12H11FN2O2. The minimum Gasteiger partial charge on any atom is -0.325 e. The highest BCUT2D eigenvalue weighted by Crippen LogP contribution is 2.20. The number of amides is 3. The summed E-state index contributed by atoms with van der Waals surface area (Å²) in [6.07, 6.45) is 1.94. The highest BCUT2D eigenvalue weighted by Gasteiger charge is 2.37. The molecule has 0 radical (unpaired) electrons. The molecule has 1 aliphatic heterocycles. The normalized spacial score (nSPS) is 19.4. The molecule has 1 aromatic carbocycles. The average Bonchev–Trinajstić information content (AvgIpc) is 2.57. The Kier molecular flexibility index (Phi) is 2.91. The Morgan fingerprint density at radius 1 is 1.35 bits per heavy atom. The van der Waals surface area contributed by atoms with Crippen molar-refractivity contribution in [3.05, 3.63) is 42.7 Å². The van der Waals surface area contributed by atoms with Crippen LogP contribution in [0, 0.1) is 5.82 Å². The fourth-order valence-electron chi connectivity index (χ4n) is 1.69. The Morgan fingerprint density at radius 2 is 2.00 bits per heavy atom. The van der Waals surface area contributed by atoms with Crippen LogP contribution in [-0.2, 0) is 4.79 Å². The van der Waals surface area contributed by atoms with E-state index in [4.69, 9.17) is 0 Å². The van der Waals surface area contributed by atoms with E-state index in [9.17, 15) is 14.0 Å². The second-order valence-electron chi connectivity index (χ2n) is 3.68. The zero-order valence-electron chi connectivity index (χ0n) is 9.02. The van der Waals surface area contributed by atoms with E-state index >= 15 is 0 Å². The molecule has 1 fully saturated rings. The summed E-state index contributed by atoms with van der Waals surface area (Å²) in [6, 6.07) is 4.12. The Balaban J connectivity index is 2.27.